The van der Waals surface area contributed by atoms with E-state index in [2.05, 4.69) is 16.0 Å². The van der Waals surface area contributed by atoms with Gasteiger partial charge in [-0.25, -0.2) is 14.1 Å². The van der Waals surface area contributed by atoms with Crippen LogP contribution in [0.2, 0.25) is 0 Å². The highest BCUT2D eigenvalue weighted by atomic mass is 32.2. The van der Waals surface area contributed by atoms with Gasteiger partial charge >= 0.3 is 6.03 Å². The van der Waals surface area contributed by atoms with E-state index in [-0.39, 0.29) is 16.3 Å². The minimum Gasteiger partial charge on any atom is -0.497 e. The summed E-state index contributed by atoms with van der Waals surface area (Å²) < 4.78 is 18.8. The number of nitrogens with one attached hydrogen (secondary N) is 3. The number of methoxy groups -OCH3 is 1. The summed E-state index contributed by atoms with van der Waals surface area (Å²) >= 11 is 1.09. The Hall–Kier alpha value is -5.09. The highest BCUT2D eigenvalue weighted by Crippen LogP contribution is 2.38. The summed E-state index contributed by atoms with van der Waals surface area (Å²) in [7, 11) is 1.54. The van der Waals surface area contributed by atoms with Gasteiger partial charge in [-0.05, 0) is 91.7 Å². The number of carbonyl (C=O) groups is 3. The van der Waals surface area contributed by atoms with E-state index in [1.165, 1.54) is 24.3 Å². The minimum atomic E-state index is -0.556. The quantitative estimate of drug-likeness (QED) is 0.192. The number of carbonyl (C=O) groups excluding carboxylic acids is 3. The Morgan fingerprint density at radius 1 is 0.786 bits per heavy atom. The molecule has 0 atom stereocenters. The number of amides is 4. The molecule has 1 aliphatic heterocycles. The van der Waals surface area contributed by atoms with E-state index in [0.717, 1.165) is 27.8 Å². The summed E-state index contributed by atoms with van der Waals surface area (Å²) in [5.41, 5.74) is 4.16. The first kappa shape index (κ1) is 28.4. The number of ether oxygens (including phenoxy) is 1. The van der Waals surface area contributed by atoms with Crippen LogP contribution in [0.15, 0.2) is 106 Å². The molecule has 1 heterocycles. The van der Waals surface area contributed by atoms with Crippen molar-refractivity contribution < 1.29 is 23.5 Å². The average Bonchev–Trinajstić information content (AvgIpc) is 3.19. The maximum absolute atomic E-state index is 13.6. The molecule has 4 aromatic carbocycles. The number of thioether (sulfide) groups is 1. The Kier molecular flexibility index (Phi) is 8.26. The van der Waals surface area contributed by atoms with E-state index in [4.69, 9.17) is 4.74 Å². The molecule has 0 saturated carbocycles. The summed E-state index contributed by atoms with van der Waals surface area (Å²) in [5, 5.41) is 8.67. The van der Waals surface area contributed by atoms with Crippen LogP contribution < -0.4 is 25.6 Å². The van der Waals surface area contributed by atoms with Crippen molar-refractivity contribution in [2.45, 2.75) is 18.7 Å². The Morgan fingerprint density at radius 3 is 2.17 bits per heavy atom. The second kappa shape index (κ2) is 12.2. The van der Waals surface area contributed by atoms with Crippen molar-refractivity contribution in [1.29, 1.82) is 0 Å². The first-order valence-corrected chi connectivity index (χ1v) is 13.8. The van der Waals surface area contributed by atoms with Crippen molar-refractivity contribution in [2.24, 2.45) is 0 Å². The van der Waals surface area contributed by atoms with E-state index < -0.39 is 23.7 Å². The zero-order chi connectivity index (χ0) is 29.8. The maximum Gasteiger partial charge on any atom is 0.323 e. The van der Waals surface area contributed by atoms with Gasteiger partial charge in [0.25, 0.3) is 11.8 Å². The second-order valence-corrected chi connectivity index (χ2v) is 10.6. The number of nitrogens with zero attached hydrogens (tertiary/aromatic N) is 1. The van der Waals surface area contributed by atoms with Crippen LogP contribution in [0.5, 0.6) is 5.75 Å². The minimum absolute atomic E-state index is 0.103. The Labute approximate surface area is 246 Å². The second-order valence-electron chi connectivity index (χ2n) is 9.49. The highest BCUT2D eigenvalue weighted by Gasteiger charge is 2.40. The number of anilines is 4. The van der Waals surface area contributed by atoms with Crippen LogP contribution in [0, 0.1) is 19.7 Å². The lowest BCUT2D eigenvalue weighted by Crippen LogP contribution is -2.32. The molecule has 0 saturated heterocycles. The molecule has 1 aliphatic rings. The monoisotopic (exact) mass is 582 g/mol. The zero-order valence-electron chi connectivity index (χ0n) is 23.0. The van der Waals surface area contributed by atoms with Gasteiger partial charge in [0.2, 0.25) is 0 Å². The summed E-state index contributed by atoms with van der Waals surface area (Å²) in [5.74, 6) is -0.972. The molecule has 5 rings (SSSR count). The number of urea groups is 1. The van der Waals surface area contributed by atoms with Crippen molar-refractivity contribution in [2.75, 3.05) is 28.0 Å². The van der Waals surface area contributed by atoms with Crippen LogP contribution in [-0.4, -0.2) is 25.0 Å². The molecule has 0 fully saturated rings. The van der Waals surface area contributed by atoms with Gasteiger partial charge in [0, 0.05) is 28.0 Å². The number of benzene rings is 4. The van der Waals surface area contributed by atoms with Crippen LogP contribution in [0.4, 0.5) is 31.9 Å². The maximum atomic E-state index is 13.6. The van der Waals surface area contributed by atoms with Crippen molar-refractivity contribution in [1.82, 2.24) is 0 Å². The summed E-state index contributed by atoms with van der Waals surface area (Å²) in [6, 6.07) is 24.3. The fourth-order valence-electron chi connectivity index (χ4n) is 4.25. The predicted octanol–water partition coefficient (Wildman–Crippen LogP) is 7.08. The molecule has 10 heteroatoms. The standard InChI is InChI=1S/C32H27FN4O4S/c1-19-10-13-24(16-20(19)2)34-28-29(31(39)37(30(28)38)25-14-11-21(33)12-15-25)42-27-9-5-7-23(18-27)36-32(40)35-22-6-4-8-26(17-22)41-3/h4-18,34H,1-3H3,(H2,35,36,40). The SMILES string of the molecule is COc1cccc(NC(=O)Nc2cccc(SC3=C(Nc4ccc(C)c(C)c4)C(=O)N(c4ccc(F)cc4)C3=O)c2)c1. The molecule has 212 valence electrons. The highest BCUT2D eigenvalue weighted by molar-refractivity contribution is 8.04. The Morgan fingerprint density at radius 2 is 1.48 bits per heavy atom. The van der Waals surface area contributed by atoms with E-state index >= 15 is 0 Å². The Balaban J connectivity index is 1.41. The first-order valence-electron chi connectivity index (χ1n) is 12.9. The molecule has 0 radical (unpaired) electrons. The van der Waals surface area contributed by atoms with Crippen molar-refractivity contribution in [3.63, 3.8) is 0 Å². The molecule has 0 aromatic heterocycles. The lowest BCUT2D eigenvalue weighted by molar-refractivity contribution is -0.120. The smallest absolute Gasteiger partial charge is 0.323 e. The van der Waals surface area contributed by atoms with Gasteiger partial charge < -0.3 is 20.7 Å². The number of hydrogen-bond donors (Lipinski definition) is 3. The molecule has 4 amide bonds. The summed E-state index contributed by atoms with van der Waals surface area (Å²) in [4.78, 5) is 41.7. The molecule has 4 aromatic rings. The number of aryl methyl sites for hydroxylation is 2. The fourth-order valence-corrected chi connectivity index (χ4v) is 5.24. The third kappa shape index (κ3) is 6.29. The molecule has 0 aliphatic carbocycles. The van der Waals surface area contributed by atoms with Crippen molar-refractivity contribution >= 4 is 52.4 Å². The van der Waals surface area contributed by atoms with E-state index in [1.54, 1.807) is 55.6 Å². The normalized spacial score (nSPS) is 12.9. The molecular formula is C32H27FN4O4S. The van der Waals surface area contributed by atoms with Crippen LogP contribution in [0.1, 0.15) is 11.1 Å². The first-order chi connectivity index (χ1) is 20.2. The average molecular weight is 583 g/mol. The fraction of sp³-hybridized carbons (Fsp3) is 0.0938. The van der Waals surface area contributed by atoms with Crippen molar-refractivity contribution in [3.05, 3.63) is 119 Å². The van der Waals surface area contributed by atoms with Crippen molar-refractivity contribution in [3.8, 4) is 5.75 Å². The van der Waals surface area contributed by atoms with Gasteiger partial charge in [0.1, 0.15) is 22.2 Å². The predicted molar refractivity (Wildman–Crippen MR) is 163 cm³/mol. The topological polar surface area (TPSA) is 99.8 Å². The lowest BCUT2D eigenvalue weighted by atomic mass is 10.1. The molecule has 8 nitrogen and oxygen atoms in total. The Bertz CT molecular complexity index is 1720. The third-order valence-electron chi connectivity index (χ3n) is 6.54. The number of hydrogen-bond acceptors (Lipinski definition) is 6. The van der Waals surface area contributed by atoms with Gasteiger partial charge in [-0.3, -0.25) is 9.59 Å². The van der Waals surface area contributed by atoms with Crippen LogP contribution in [0.25, 0.3) is 0 Å². The van der Waals surface area contributed by atoms with Gasteiger partial charge in [-0.15, -0.1) is 0 Å². The summed E-state index contributed by atoms with van der Waals surface area (Å²) in [6.07, 6.45) is 0. The van der Waals surface area contributed by atoms with Crippen LogP contribution in [-0.2, 0) is 9.59 Å². The number of halogens is 1. The van der Waals surface area contributed by atoms with Gasteiger partial charge in [0.15, 0.2) is 0 Å². The zero-order valence-corrected chi connectivity index (χ0v) is 23.8. The van der Waals surface area contributed by atoms with E-state index in [1.807, 2.05) is 32.0 Å². The number of imide groups is 1. The molecule has 0 unspecified atom stereocenters. The van der Waals surface area contributed by atoms with Gasteiger partial charge in [-0.2, -0.15) is 0 Å². The van der Waals surface area contributed by atoms with Gasteiger partial charge in [-0.1, -0.05) is 30.0 Å². The molecule has 0 bridgehead atoms. The largest absolute Gasteiger partial charge is 0.497 e. The molecule has 42 heavy (non-hydrogen) atoms. The number of rotatable bonds is 8. The molecule has 0 spiro atoms. The molecular weight excluding hydrogens is 555 g/mol. The summed E-state index contributed by atoms with van der Waals surface area (Å²) in [6.45, 7) is 3.94. The van der Waals surface area contributed by atoms with E-state index in [0.29, 0.717) is 27.7 Å². The lowest BCUT2D eigenvalue weighted by Gasteiger charge is -2.15. The van der Waals surface area contributed by atoms with E-state index in [9.17, 15) is 18.8 Å². The van der Waals surface area contributed by atoms with Gasteiger partial charge in [0.05, 0.1) is 12.8 Å². The van der Waals surface area contributed by atoms with Crippen LogP contribution in [0.3, 0.4) is 0 Å². The third-order valence-corrected chi connectivity index (χ3v) is 7.61. The molecule has 3 N–H and O–H groups in total. The van der Waals surface area contributed by atoms with Crippen LogP contribution >= 0.6 is 11.8 Å².